The van der Waals surface area contributed by atoms with Gasteiger partial charge < -0.3 is 5.32 Å². The van der Waals surface area contributed by atoms with Crippen molar-refractivity contribution in [2.75, 3.05) is 13.1 Å². The summed E-state index contributed by atoms with van der Waals surface area (Å²) in [5.74, 6) is 0.786. The van der Waals surface area contributed by atoms with Crippen LogP contribution >= 0.6 is 11.3 Å². The molecule has 1 aromatic heterocycles. The Morgan fingerprint density at radius 2 is 2.13 bits per heavy atom. The lowest BCUT2D eigenvalue weighted by atomic mass is 10.1. The van der Waals surface area contributed by atoms with Crippen LogP contribution in [0.4, 0.5) is 0 Å². The van der Waals surface area contributed by atoms with E-state index in [1.165, 1.54) is 22.0 Å². The number of aryl methyl sites for hydroxylation is 2. The summed E-state index contributed by atoms with van der Waals surface area (Å²) in [6.07, 6.45) is 2.37. The molecule has 86 valence electrons. The molecule has 2 nitrogen and oxygen atoms in total. The fourth-order valence-electron chi connectivity index (χ4n) is 1.50. The van der Waals surface area contributed by atoms with Gasteiger partial charge in [-0.25, -0.2) is 4.98 Å². The smallest absolute Gasteiger partial charge is 0.0900 e. The summed E-state index contributed by atoms with van der Waals surface area (Å²) in [6, 6.07) is 0. The average Bonchev–Trinajstić information content (AvgIpc) is 2.52. The van der Waals surface area contributed by atoms with Crippen LogP contribution in [0.1, 0.15) is 35.8 Å². The summed E-state index contributed by atoms with van der Waals surface area (Å²) < 4.78 is 0. The molecule has 0 radical (unpaired) electrons. The molecule has 0 aromatic carbocycles. The summed E-state index contributed by atoms with van der Waals surface area (Å²) in [7, 11) is 0. The van der Waals surface area contributed by atoms with Gasteiger partial charge in [0.2, 0.25) is 0 Å². The van der Waals surface area contributed by atoms with Crippen LogP contribution in [0, 0.1) is 19.8 Å². The molecular weight excluding hydrogens is 204 g/mol. The van der Waals surface area contributed by atoms with E-state index >= 15 is 0 Å². The third-order valence-electron chi connectivity index (χ3n) is 2.72. The van der Waals surface area contributed by atoms with Crippen LogP contribution in [0.25, 0.3) is 0 Å². The minimum absolute atomic E-state index is 0.786. The zero-order chi connectivity index (χ0) is 11.3. The van der Waals surface area contributed by atoms with Gasteiger partial charge in [0.05, 0.1) is 10.7 Å². The molecule has 0 fully saturated rings. The fourth-order valence-corrected chi connectivity index (χ4v) is 2.44. The van der Waals surface area contributed by atoms with Crippen LogP contribution in [-0.2, 0) is 6.42 Å². The zero-order valence-electron chi connectivity index (χ0n) is 10.3. The summed E-state index contributed by atoms with van der Waals surface area (Å²) >= 11 is 1.83. The number of rotatable bonds is 6. The molecule has 1 rings (SSSR count). The van der Waals surface area contributed by atoms with Crippen molar-refractivity contribution in [1.82, 2.24) is 10.3 Å². The Morgan fingerprint density at radius 1 is 1.40 bits per heavy atom. The Hall–Kier alpha value is -0.410. The lowest BCUT2D eigenvalue weighted by molar-refractivity contribution is 0.502. The van der Waals surface area contributed by atoms with Gasteiger partial charge >= 0.3 is 0 Å². The van der Waals surface area contributed by atoms with Gasteiger partial charge in [-0.1, -0.05) is 20.3 Å². The zero-order valence-corrected chi connectivity index (χ0v) is 11.1. The van der Waals surface area contributed by atoms with Crippen molar-refractivity contribution < 1.29 is 0 Å². The highest BCUT2D eigenvalue weighted by Gasteiger charge is 2.04. The second-order valence-electron chi connectivity index (χ2n) is 4.21. The molecular formula is C12H22N2S. The van der Waals surface area contributed by atoms with Crippen LogP contribution in [0.15, 0.2) is 0 Å². The van der Waals surface area contributed by atoms with Crippen molar-refractivity contribution in [3.63, 3.8) is 0 Å². The summed E-state index contributed by atoms with van der Waals surface area (Å²) in [5, 5.41) is 4.68. The largest absolute Gasteiger partial charge is 0.316 e. The van der Waals surface area contributed by atoms with Gasteiger partial charge in [0, 0.05) is 11.4 Å². The van der Waals surface area contributed by atoms with E-state index in [-0.39, 0.29) is 0 Å². The standard InChI is InChI=1S/C12H22N2S/c1-5-9(2)8-13-7-6-12-10(3)14-11(4)15-12/h9,13H,5-8H2,1-4H3. The van der Waals surface area contributed by atoms with Crippen LogP contribution in [0.5, 0.6) is 0 Å². The molecule has 0 aliphatic carbocycles. The monoisotopic (exact) mass is 226 g/mol. The van der Waals surface area contributed by atoms with Gasteiger partial charge in [-0.05, 0) is 32.7 Å². The maximum Gasteiger partial charge on any atom is 0.0900 e. The van der Waals surface area contributed by atoms with Crippen molar-refractivity contribution in [2.24, 2.45) is 5.92 Å². The molecule has 0 saturated heterocycles. The molecule has 1 heterocycles. The average molecular weight is 226 g/mol. The SMILES string of the molecule is CCC(C)CNCCc1sc(C)nc1C. The Bertz CT molecular complexity index is 294. The van der Waals surface area contributed by atoms with E-state index in [1.807, 2.05) is 11.3 Å². The quantitative estimate of drug-likeness (QED) is 0.754. The van der Waals surface area contributed by atoms with Crippen LogP contribution in [0.2, 0.25) is 0 Å². The Morgan fingerprint density at radius 3 is 2.67 bits per heavy atom. The highest BCUT2D eigenvalue weighted by Crippen LogP contribution is 2.17. The minimum atomic E-state index is 0.786. The van der Waals surface area contributed by atoms with Crippen LogP contribution in [0.3, 0.4) is 0 Å². The number of hydrogen-bond acceptors (Lipinski definition) is 3. The van der Waals surface area contributed by atoms with E-state index in [2.05, 4.69) is 38.0 Å². The van der Waals surface area contributed by atoms with Crippen molar-refractivity contribution in [3.05, 3.63) is 15.6 Å². The predicted molar refractivity (Wildman–Crippen MR) is 67.6 cm³/mol. The van der Waals surface area contributed by atoms with E-state index in [1.54, 1.807) is 0 Å². The molecule has 1 atom stereocenters. The second kappa shape index (κ2) is 6.23. The number of nitrogens with zero attached hydrogens (tertiary/aromatic N) is 1. The first-order valence-corrected chi connectivity index (χ1v) is 6.58. The van der Waals surface area contributed by atoms with Crippen molar-refractivity contribution in [2.45, 2.75) is 40.5 Å². The number of aromatic nitrogens is 1. The summed E-state index contributed by atoms with van der Waals surface area (Å²) in [5.41, 5.74) is 1.21. The third-order valence-corrected chi connectivity index (χ3v) is 3.85. The van der Waals surface area contributed by atoms with Crippen molar-refractivity contribution in [1.29, 1.82) is 0 Å². The maximum atomic E-state index is 4.43. The molecule has 3 heteroatoms. The molecule has 1 N–H and O–H groups in total. The number of nitrogens with one attached hydrogen (secondary N) is 1. The van der Waals surface area contributed by atoms with E-state index < -0.39 is 0 Å². The van der Waals surface area contributed by atoms with Crippen LogP contribution < -0.4 is 5.32 Å². The third kappa shape index (κ3) is 4.31. The molecule has 0 saturated carbocycles. The molecule has 15 heavy (non-hydrogen) atoms. The second-order valence-corrected chi connectivity index (χ2v) is 5.50. The lowest BCUT2D eigenvalue weighted by Gasteiger charge is -2.09. The molecule has 0 amide bonds. The van der Waals surface area contributed by atoms with Gasteiger partial charge in [-0.3, -0.25) is 0 Å². The van der Waals surface area contributed by atoms with E-state index in [0.29, 0.717) is 0 Å². The Kier molecular flexibility index (Phi) is 5.26. The highest BCUT2D eigenvalue weighted by molar-refractivity contribution is 7.11. The number of thiazole rings is 1. The van der Waals surface area contributed by atoms with Gasteiger partial charge in [-0.2, -0.15) is 0 Å². The van der Waals surface area contributed by atoms with Gasteiger partial charge in [0.25, 0.3) is 0 Å². The fraction of sp³-hybridized carbons (Fsp3) is 0.750. The molecule has 1 aromatic rings. The van der Waals surface area contributed by atoms with Crippen molar-refractivity contribution in [3.8, 4) is 0 Å². The first kappa shape index (κ1) is 12.7. The molecule has 0 aliphatic rings. The van der Waals surface area contributed by atoms with E-state index in [9.17, 15) is 0 Å². The molecule has 1 unspecified atom stereocenters. The maximum absolute atomic E-state index is 4.43. The van der Waals surface area contributed by atoms with Crippen molar-refractivity contribution >= 4 is 11.3 Å². The number of hydrogen-bond donors (Lipinski definition) is 1. The summed E-state index contributed by atoms with van der Waals surface area (Å²) in [4.78, 5) is 5.87. The molecule has 0 bridgehead atoms. The van der Waals surface area contributed by atoms with Crippen LogP contribution in [-0.4, -0.2) is 18.1 Å². The van der Waals surface area contributed by atoms with E-state index in [0.717, 1.165) is 25.4 Å². The first-order valence-electron chi connectivity index (χ1n) is 5.77. The topological polar surface area (TPSA) is 24.9 Å². The molecule has 0 aliphatic heterocycles. The lowest BCUT2D eigenvalue weighted by Crippen LogP contribution is -2.23. The van der Waals surface area contributed by atoms with E-state index in [4.69, 9.17) is 0 Å². The highest BCUT2D eigenvalue weighted by atomic mass is 32.1. The minimum Gasteiger partial charge on any atom is -0.316 e. The Balaban J connectivity index is 2.23. The van der Waals surface area contributed by atoms with Gasteiger partial charge in [0.15, 0.2) is 0 Å². The molecule has 0 spiro atoms. The normalized spacial score (nSPS) is 13.1. The first-order chi connectivity index (χ1) is 7.13. The van der Waals surface area contributed by atoms with Gasteiger partial charge in [-0.15, -0.1) is 11.3 Å². The predicted octanol–water partition coefficient (Wildman–Crippen LogP) is 2.94. The van der Waals surface area contributed by atoms with Gasteiger partial charge in [0.1, 0.15) is 0 Å². The summed E-state index contributed by atoms with van der Waals surface area (Å²) in [6.45, 7) is 10.9. The Labute approximate surface area is 97.1 Å².